The van der Waals surface area contributed by atoms with Gasteiger partial charge >= 0.3 is 0 Å². The highest BCUT2D eigenvalue weighted by Crippen LogP contribution is 2.36. The molecule has 1 aliphatic heterocycles. The summed E-state index contributed by atoms with van der Waals surface area (Å²) in [5.41, 5.74) is 1.97. The van der Waals surface area contributed by atoms with Gasteiger partial charge in [0.15, 0.2) is 5.82 Å². The highest BCUT2D eigenvalue weighted by Gasteiger charge is 2.41. The number of hydrogen-bond donors (Lipinski definition) is 3. The van der Waals surface area contributed by atoms with Gasteiger partial charge in [-0.25, -0.2) is 0 Å². The van der Waals surface area contributed by atoms with Crippen LogP contribution in [0.5, 0.6) is 5.75 Å². The Morgan fingerprint density at radius 1 is 1.29 bits per heavy atom. The number of benzene rings is 1. The van der Waals surface area contributed by atoms with Gasteiger partial charge in [0.05, 0.1) is 5.69 Å². The predicted octanol–water partition coefficient (Wildman–Crippen LogP) is 1.79. The van der Waals surface area contributed by atoms with Crippen molar-refractivity contribution >= 4 is 17.8 Å². The molecular formula is C21H25N5O2. The van der Waals surface area contributed by atoms with E-state index in [0.717, 1.165) is 24.3 Å². The number of nitrogens with one attached hydrogen (secondary N) is 2. The van der Waals surface area contributed by atoms with Crippen LogP contribution in [0.4, 0.5) is 5.82 Å². The zero-order valence-electron chi connectivity index (χ0n) is 16.1. The smallest absolute Gasteiger partial charge is 0.243 e. The number of hydrogen-bond acceptors (Lipinski definition) is 6. The number of phenolic OH excluding ortho intramolecular Hbond substituents is 1. The first-order valence-electron chi connectivity index (χ1n) is 9.58. The summed E-state index contributed by atoms with van der Waals surface area (Å²) in [6, 6.07) is 10.2. The van der Waals surface area contributed by atoms with Crippen molar-refractivity contribution in [2.75, 3.05) is 25.5 Å². The Morgan fingerprint density at radius 3 is 2.75 bits per heavy atom. The minimum Gasteiger partial charge on any atom is -0.507 e. The summed E-state index contributed by atoms with van der Waals surface area (Å²) in [5.74, 6) is 1.44. The molecule has 28 heavy (non-hydrogen) atoms. The van der Waals surface area contributed by atoms with E-state index in [0.29, 0.717) is 29.3 Å². The van der Waals surface area contributed by atoms with Crippen molar-refractivity contribution in [1.82, 2.24) is 20.8 Å². The molecular weight excluding hydrogens is 354 g/mol. The molecule has 0 radical (unpaired) electrons. The summed E-state index contributed by atoms with van der Waals surface area (Å²) in [4.78, 5) is 13.5. The van der Waals surface area contributed by atoms with E-state index in [2.05, 4.69) is 32.8 Å². The van der Waals surface area contributed by atoms with Crippen LogP contribution in [0.3, 0.4) is 0 Å². The van der Waals surface area contributed by atoms with E-state index in [1.807, 2.05) is 18.2 Å². The van der Waals surface area contributed by atoms with Gasteiger partial charge in [0.2, 0.25) is 5.91 Å². The highest BCUT2D eigenvalue weighted by atomic mass is 16.3. The van der Waals surface area contributed by atoms with Gasteiger partial charge in [0.25, 0.3) is 0 Å². The second-order valence-electron chi connectivity index (χ2n) is 7.52. The second kappa shape index (κ2) is 7.59. The first-order valence-corrected chi connectivity index (χ1v) is 9.58. The molecule has 4 rings (SSSR count). The molecule has 0 spiro atoms. The van der Waals surface area contributed by atoms with Crippen LogP contribution < -0.4 is 15.5 Å². The molecule has 7 nitrogen and oxygen atoms in total. The first-order chi connectivity index (χ1) is 13.5. The number of nitrogens with zero attached hydrogens (tertiary/aromatic N) is 3. The van der Waals surface area contributed by atoms with E-state index in [1.54, 1.807) is 25.3 Å². The Bertz CT molecular complexity index is 896. The van der Waals surface area contributed by atoms with E-state index in [4.69, 9.17) is 0 Å². The fraction of sp³-hybridized carbons (Fsp3) is 0.381. The SMILES string of the molecule is CNC(=O)/C=C/c1ccc(-c2ccc(N(C)[C@H]3C[C@H]4C[C@@H]3CN4)nn2)c(O)c1. The predicted molar refractivity (Wildman–Crippen MR) is 109 cm³/mol. The maximum absolute atomic E-state index is 11.3. The number of carbonyl (C=O) groups is 1. The highest BCUT2D eigenvalue weighted by molar-refractivity contribution is 5.91. The number of fused-ring (bicyclic) bond motifs is 2. The summed E-state index contributed by atoms with van der Waals surface area (Å²) in [6.07, 6.45) is 5.46. The molecule has 2 aromatic rings. The molecule has 146 valence electrons. The molecule has 0 unspecified atom stereocenters. The van der Waals surface area contributed by atoms with Crippen molar-refractivity contribution in [3.8, 4) is 17.0 Å². The number of piperidine rings is 1. The van der Waals surface area contributed by atoms with Gasteiger partial charge in [0, 0.05) is 44.4 Å². The Morgan fingerprint density at radius 2 is 2.14 bits per heavy atom. The van der Waals surface area contributed by atoms with Gasteiger partial charge in [-0.15, -0.1) is 10.2 Å². The molecule has 1 amide bonds. The van der Waals surface area contributed by atoms with E-state index in [1.165, 1.54) is 12.5 Å². The molecule has 3 atom stereocenters. The molecule has 1 saturated carbocycles. The monoisotopic (exact) mass is 379 g/mol. The number of likely N-dealkylation sites (N-methyl/N-ethyl adjacent to an activating group) is 1. The largest absolute Gasteiger partial charge is 0.507 e. The van der Waals surface area contributed by atoms with Crippen LogP contribution in [0.1, 0.15) is 18.4 Å². The van der Waals surface area contributed by atoms with Gasteiger partial charge in [-0.05, 0) is 54.7 Å². The number of amides is 1. The summed E-state index contributed by atoms with van der Waals surface area (Å²) >= 11 is 0. The third-order valence-electron chi connectivity index (χ3n) is 5.81. The van der Waals surface area contributed by atoms with Crippen molar-refractivity contribution in [3.05, 3.63) is 42.0 Å². The van der Waals surface area contributed by atoms with E-state index in [-0.39, 0.29) is 11.7 Å². The summed E-state index contributed by atoms with van der Waals surface area (Å²) < 4.78 is 0. The van der Waals surface area contributed by atoms with Crippen molar-refractivity contribution in [3.63, 3.8) is 0 Å². The fourth-order valence-corrected chi connectivity index (χ4v) is 4.23. The average molecular weight is 379 g/mol. The third-order valence-corrected chi connectivity index (χ3v) is 5.81. The van der Waals surface area contributed by atoms with Gasteiger partial charge < -0.3 is 20.6 Å². The van der Waals surface area contributed by atoms with Crippen molar-refractivity contribution in [2.24, 2.45) is 5.92 Å². The third kappa shape index (κ3) is 3.57. The van der Waals surface area contributed by atoms with Gasteiger partial charge in [0.1, 0.15) is 5.75 Å². The Hall–Kier alpha value is -2.93. The quantitative estimate of drug-likeness (QED) is 0.687. The standard InChI is InChI=1S/C21H25N5O2/c1-22-21(28)8-4-13-3-5-16(19(27)9-13)17-6-7-20(25-24-17)26(2)18-11-15-10-14(18)12-23-15/h3-9,14-15,18,23,27H,10-12H2,1-2H3,(H,22,28)/b8-4+/t14-,15-,18+/m1/s1. The van der Waals surface area contributed by atoms with Crippen LogP contribution in [0.15, 0.2) is 36.4 Å². The van der Waals surface area contributed by atoms with Crippen LogP contribution in [0.2, 0.25) is 0 Å². The van der Waals surface area contributed by atoms with E-state index in [9.17, 15) is 9.90 Å². The van der Waals surface area contributed by atoms with Crippen molar-refractivity contribution in [1.29, 1.82) is 0 Å². The molecule has 3 N–H and O–H groups in total. The molecule has 2 fully saturated rings. The number of phenols is 1. The molecule has 1 aromatic carbocycles. The van der Waals surface area contributed by atoms with E-state index >= 15 is 0 Å². The van der Waals surface area contributed by atoms with Crippen LogP contribution in [0, 0.1) is 5.92 Å². The molecule has 2 heterocycles. The maximum Gasteiger partial charge on any atom is 0.243 e. The summed E-state index contributed by atoms with van der Waals surface area (Å²) in [6.45, 7) is 1.08. The number of carbonyl (C=O) groups excluding carboxylic acids is 1. The molecule has 1 aromatic heterocycles. The van der Waals surface area contributed by atoms with Crippen LogP contribution in [-0.4, -0.2) is 53.9 Å². The van der Waals surface area contributed by atoms with Crippen molar-refractivity contribution < 1.29 is 9.90 Å². The lowest BCUT2D eigenvalue weighted by Gasteiger charge is -2.32. The maximum atomic E-state index is 11.3. The van der Waals surface area contributed by atoms with Crippen LogP contribution in [-0.2, 0) is 4.79 Å². The first kappa shape index (κ1) is 18.4. The lowest BCUT2D eigenvalue weighted by molar-refractivity contribution is -0.115. The second-order valence-corrected chi connectivity index (χ2v) is 7.52. The minimum absolute atomic E-state index is 0.105. The zero-order chi connectivity index (χ0) is 19.7. The molecule has 2 aliphatic rings. The molecule has 1 aliphatic carbocycles. The van der Waals surface area contributed by atoms with Gasteiger partial charge in [-0.3, -0.25) is 4.79 Å². The number of aromatic nitrogens is 2. The molecule has 2 bridgehead atoms. The minimum atomic E-state index is -0.194. The lowest BCUT2D eigenvalue weighted by atomic mass is 10.0. The van der Waals surface area contributed by atoms with Gasteiger partial charge in [-0.1, -0.05) is 6.07 Å². The van der Waals surface area contributed by atoms with Crippen molar-refractivity contribution in [2.45, 2.75) is 24.9 Å². The van der Waals surface area contributed by atoms with Gasteiger partial charge in [-0.2, -0.15) is 0 Å². The molecule has 7 heteroatoms. The Balaban J connectivity index is 1.49. The summed E-state index contributed by atoms with van der Waals surface area (Å²) in [5, 5.41) is 25.1. The lowest BCUT2D eigenvalue weighted by Crippen LogP contribution is -2.43. The summed E-state index contributed by atoms with van der Waals surface area (Å²) in [7, 11) is 3.65. The average Bonchev–Trinajstić information content (AvgIpc) is 3.35. The Kier molecular flexibility index (Phi) is 5.00. The van der Waals surface area contributed by atoms with Crippen LogP contribution >= 0.6 is 0 Å². The fourth-order valence-electron chi connectivity index (χ4n) is 4.23. The molecule has 1 saturated heterocycles. The normalized spacial score (nSPS) is 23.3. The zero-order valence-corrected chi connectivity index (χ0v) is 16.1. The Labute approximate surface area is 164 Å². The number of aromatic hydroxyl groups is 1. The van der Waals surface area contributed by atoms with Crippen LogP contribution in [0.25, 0.3) is 17.3 Å². The number of rotatable bonds is 5. The van der Waals surface area contributed by atoms with E-state index < -0.39 is 0 Å². The topological polar surface area (TPSA) is 90.4 Å². The number of anilines is 1.